The van der Waals surface area contributed by atoms with E-state index in [9.17, 15) is 9.59 Å². The highest BCUT2D eigenvalue weighted by Gasteiger charge is 2.44. The number of carbonyl (C=O) groups is 2. The van der Waals surface area contributed by atoms with E-state index in [0.717, 1.165) is 47.7 Å². The average molecular weight is 412 g/mol. The molecular formula is C23H29N3O2S. The Hall–Kier alpha value is -2.18. The van der Waals surface area contributed by atoms with E-state index in [2.05, 4.69) is 30.9 Å². The monoisotopic (exact) mass is 411 g/mol. The number of carbonyl (C=O) groups excluding carboxylic acids is 2. The minimum atomic E-state index is -0.272. The second-order valence-electron chi connectivity index (χ2n) is 8.50. The molecule has 154 valence electrons. The molecule has 5 nitrogen and oxygen atoms in total. The zero-order valence-corrected chi connectivity index (χ0v) is 18.2. The van der Waals surface area contributed by atoms with Crippen molar-refractivity contribution in [3.8, 4) is 0 Å². The Bertz CT molecular complexity index is 910. The number of fused-ring (bicyclic) bond motifs is 1. The van der Waals surface area contributed by atoms with E-state index < -0.39 is 0 Å². The van der Waals surface area contributed by atoms with Gasteiger partial charge >= 0.3 is 0 Å². The van der Waals surface area contributed by atoms with Gasteiger partial charge in [0.05, 0.1) is 5.56 Å². The first-order chi connectivity index (χ1) is 13.8. The second-order valence-corrected chi connectivity index (χ2v) is 9.92. The summed E-state index contributed by atoms with van der Waals surface area (Å²) < 4.78 is 0. The highest BCUT2D eigenvalue weighted by molar-refractivity contribution is 7.12. The van der Waals surface area contributed by atoms with Crippen molar-refractivity contribution in [2.24, 2.45) is 17.6 Å². The molecule has 2 aromatic rings. The third kappa shape index (κ3) is 3.83. The number of rotatable bonds is 5. The summed E-state index contributed by atoms with van der Waals surface area (Å²) >= 11 is 1.71. The van der Waals surface area contributed by atoms with Crippen LogP contribution in [0.2, 0.25) is 0 Å². The summed E-state index contributed by atoms with van der Waals surface area (Å²) in [5.74, 6) is 0.824. The van der Waals surface area contributed by atoms with Gasteiger partial charge in [-0.15, -0.1) is 11.3 Å². The van der Waals surface area contributed by atoms with Crippen molar-refractivity contribution in [1.29, 1.82) is 0 Å². The number of hydrogen-bond acceptors (Lipinski definition) is 4. The van der Waals surface area contributed by atoms with Crippen LogP contribution in [0.1, 0.15) is 43.7 Å². The number of amides is 2. The molecule has 2 amide bonds. The van der Waals surface area contributed by atoms with Crippen LogP contribution in [0.4, 0.5) is 0 Å². The van der Waals surface area contributed by atoms with Crippen molar-refractivity contribution in [2.75, 3.05) is 26.2 Å². The van der Waals surface area contributed by atoms with Crippen molar-refractivity contribution >= 4 is 23.2 Å². The van der Waals surface area contributed by atoms with Crippen molar-refractivity contribution in [2.45, 2.75) is 33.2 Å². The van der Waals surface area contributed by atoms with Crippen LogP contribution in [-0.4, -0.2) is 47.8 Å². The Morgan fingerprint density at radius 1 is 1.03 bits per heavy atom. The van der Waals surface area contributed by atoms with Crippen LogP contribution in [0.15, 0.2) is 30.3 Å². The van der Waals surface area contributed by atoms with Gasteiger partial charge in [-0.25, -0.2) is 0 Å². The molecule has 4 rings (SSSR count). The molecule has 2 N–H and O–H groups in total. The fraction of sp³-hybridized carbons (Fsp3) is 0.478. The molecule has 6 heteroatoms. The van der Waals surface area contributed by atoms with Gasteiger partial charge in [-0.1, -0.05) is 30.3 Å². The van der Waals surface area contributed by atoms with Crippen molar-refractivity contribution in [1.82, 2.24) is 9.80 Å². The van der Waals surface area contributed by atoms with Gasteiger partial charge in [0.25, 0.3) is 5.91 Å². The van der Waals surface area contributed by atoms with Gasteiger partial charge in [-0.2, -0.15) is 0 Å². The molecule has 2 saturated heterocycles. The van der Waals surface area contributed by atoms with Gasteiger partial charge in [0.15, 0.2) is 0 Å². The topological polar surface area (TPSA) is 66.6 Å². The minimum Gasteiger partial charge on any atom is -0.370 e. The van der Waals surface area contributed by atoms with Gasteiger partial charge in [0.2, 0.25) is 5.91 Å². The lowest BCUT2D eigenvalue weighted by Crippen LogP contribution is -2.36. The Morgan fingerprint density at radius 3 is 2.17 bits per heavy atom. The average Bonchev–Trinajstić information content (AvgIpc) is 3.32. The summed E-state index contributed by atoms with van der Waals surface area (Å²) in [5.41, 5.74) is 8.72. The van der Waals surface area contributed by atoms with E-state index in [0.29, 0.717) is 18.3 Å². The molecule has 0 saturated carbocycles. The molecule has 2 aliphatic heterocycles. The number of benzene rings is 1. The van der Waals surface area contributed by atoms with Crippen LogP contribution in [0.25, 0.3) is 0 Å². The molecule has 2 unspecified atom stereocenters. The predicted octanol–water partition coefficient (Wildman–Crippen LogP) is 3.29. The number of nitrogens with zero attached hydrogens (tertiary/aromatic N) is 2. The van der Waals surface area contributed by atoms with E-state index in [1.54, 1.807) is 11.3 Å². The maximum atomic E-state index is 13.2. The van der Waals surface area contributed by atoms with E-state index in [4.69, 9.17) is 5.73 Å². The lowest BCUT2D eigenvalue weighted by molar-refractivity contribution is -0.119. The molecule has 2 aliphatic rings. The van der Waals surface area contributed by atoms with Gasteiger partial charge in [-0.3, -0.25) is 14.5 Å². The molecule has 0 spiro atoms. The number of aryl methyl sites for hydroxylation is 2. The summed E-state index contributed by atoms with van der Waals surface area (Å²) in [5, 5.41) is 0. The summed E-state index contributed by atoms with van der Waals surface area (Å²) in [6.07, 6.45) is 0.332. The minimum absolute atomic E-state index is 0.0208. The number of primary amides is 1. The number of nitrogens with two attached hydrogens (primary N) is 1. The Morgan fingerprint density at radius 2 is 1.66 bits per heavy atom. The van der Waals surface area contributed by atoms with Crippen LogP contribution in [0, 0.1) is 32.6 Å². The van der Waals surface area contributed by atoms with Gasteiger partial charge in [-0.05, 0) is 43.7 Å². The van der Waals surface area contributed by atoms with Crippen LogP contribution >= 0.6 is 11.3 Å². The van der Waals surface area contributed by atoms with Crippen LogP contribution < -0.4 is 5.73 Å². The van der Waals surface area contributed by atoms with Crippen LogP contribution in [-0.2, 0) is 4.79 Å². The molecule has 29 heavy (non-hydrogen) atoms. The molecule has 1 aromatic heterocycles. The second kappa shape index (κ2) is 7.92. The smallest absolute Gasteiger partial charge is 0.255 e. The molecule has 1 aromatic carbocycles. The van der Waals surface area contributed by atoms with Gasteiger partial charge in [0, 0.05) is 48.4 Å². The first-order valence-electron chi connectivity index (χ1n) is 10.3. The molecule has 3 atom stereocenters. The highest BCUT2D eigenvalue weighted by Crippen LogP contribution is 2.38. The van der Waals surface area contributed by atoms with E-state index in [1.165, 1.54) is 4.88 Å². The maximum Gasteiger partial charge on any atom is 0.255 e. The van der Waals surface area contributed by atoms with Crippen LogP contribution in [0.3, 0.4) is 0 Å². The maximum absolute atomic E-state index is 13.2. The SMILES string of the molecule is Cc1sc(C)c(C(=O)N2CC3CN(C(CC(N)=O)c4ccccc4)C[C@H]3C2)c1C. The lowest BCUT2D eigenvalue weighted by atomic mass is 10.0. The molecule has 0 bridgehead atoms. The predicted molar refractivity (Wildman–Crippen MR) is 116 cm³/mol. The quantitative estimate of drug-likeness (QED) is 0.821. The van der Waals surface area contributed by atoms with Crippen molar-refractivity contribution < 1.29 is 9.59 Å². The standard InChI is InChI=1S/C23H29N3O2S/c1-14-15(2)29-16(3)22(14)23(28)26-12-18-10-25(11-19(18)13-26)20(9-21(24)27)17-7-5-4-6-8-17/h4-8,18-20H,9-13H2,1-3H3,(H2,24,27)/t18-,19?,20?/m0/s1. The largest absolute Gasteiger partial charge is 0.370 e. The molecule has 2 fully saturated rings. The third-order valence-electron chi connectivity index (χ3n) is 6.60. The third-order valence-corrected chi connectivity index (χ3v) is 7.72. The summed E-state index contributed by atoms with van der Waals surface area (Å²) in [7, 11) is 0. The highest BCUT2D eigenvalue weighted by atomic mass is 32.1. The number of hydrogen-bond donors (Lipinski definition) is 1. The normalized spacial score (nSPS) is 22.7. The summed E-state index contributed by atoms with van der Waals surface area (Å²) in [6.45, 7) is 9.59. The first kappa shape index (κ1) is 20.1. The number of thiophene rings is 1. The fourth-order valence-corrected chi connectivity index (χ4v) is 6.10. The van der Waals surface area contributed by atoms with Crippen molar-refractivity contribution in [3.63, 3.8) is 0 Å². The number of likely N-dealkylation sites (tertiary alicyclic amines) is 2. The Kier molecular flexibility index (Phi) is 5.49. The summed E-state index contributed by atoms with van der Waals surface area (Å²) in [6, 6.07) is 10.2. The lowest BCUT2D eigenvalue weighted by Gasteiger charge is -2.29. The summed E-state index contributed by atoms with van der Waals surface area (Å²) in [4.78, 5) is 31.6. The molecule has 0 radical (unpaired) electrons. The Labute approximate surface area is 176 Å². The first-order valence-corrected chi connectivity index (χ1v) is 11.1. The molecular weight excluding hydrogens is 382 g/mol. The van der Waals surface area contributed by atoms with Gasteiger partial charge in [0.1, 0.15) is 0 Å². The fourth-order valence-electron chi connectivity index (χ4n) is 5.04. The zero-order valence-electron chi connectivity index (χ0n) is 17.4. The Balaban J connectivity index is 1.46. The van der Waals surface area contributed by atoms with E-state index >= 15 is 0 Å². The van der Waals surface area contributed by atoms with Crippen LogP contribution in [0.5, 0.6) is 0 Å². The molecule has 0 aliphatic carbocycles. The van der Waals surface area contributed by atoms with E-state index in [-0.39, 0.29) is 17.9 Å². The van der Waals surface area contributed by atoms with Gasteiger partial charge < -0.3 is 10.6 Å². The molecule has 3 heterocycles. The van der Waals surface area contributed by atoms with E-state index in [1.807, 2.05) is 30.0 Å². The van der Waals surface area contributed by atoms with Crippen molar-refractivity contribution in [3.05, 3.63) is 56.8 Å². The zero-order chi connectivity index (χ0) is 20.7.